The third kappa shape index (κ3) is 3.68. The summed E-state index contributed by atoms with van der Waals surface area (Å²) in [6, 6.07) is 6.86. The van der Waals surface area contributed by atoms with Crippen LogP contribution in [0.1, 0.15) is 32.8 Å². The molecule has 0 spiro atoms. The molecule has 0 aliphatic rings. The quantitative estimate of drug-likeness (QED) is 0.602. The van der Waals surface area contributed by atoms with Crippen LogP contribution in [0.5, 0.6) is 0 Å². The largest absolute Gasteiger partial charge is 0.372 e. The first-order valence-corrected chi connectivity index (χ1v) is 6.28. The monoisotopic (exact) mass is 261 g/mol. The number of nitrogens with zero attached hydrogens (tertiary/aromatic N) is 3. The van der Waals surface area contributed by atoms with Gasteiger partial charge < -0.3 is 4.90 Å². The normalized spacial score (nSPS) is 12.0. The van der Waals surface area contributed by atoms with Crippen molar-refractivity contribution < 1.29 is 4.92 Å². The summed E-state index contributed by atoms with van der Waals surface area (Å²) in [6.07, 6.45) is 1.00. The molecule has 0 aliphatic carbocycles. The highest BCUT2D eigenvalue weighted by Crippen LogP contribution is 2.26. The molecule has 5 heteroatoms. The van der Waals surface area contributed by atoms with E-state index in [2.05, 4.69) is 20.8 Å². The van der Waals surface area contributed by atoms with Gasteiger partial charge in [-0.25, -0.2) is 0 Å². The molecular formula is C14H19N3O2. The number of rotatable bonds is 5. The molecule has 1 aromatic rings. The van der Waals surface area contributed by atoms with E-state index >= 15 is 0 Å². The average Bonchev–Trinajstić information content (AvgIpc) is 2.36. The molecule has 1 aromatic carbocycles. The van der Waals surface area contributed by atoms with Crippen LogP contribution in [0.2, 0.25) is 0 Å². The van der Waals surface area contributed by atoms with Gasteiger partial charge in [0, 0.05) is 24.8 Å². The van der Waals surface area contributed by atoms with Gasteiger partial charge in [0.05, 0.1) is 4.92 Å². The molecule has 0 N–H and O–H groups in total. The Kier molecular flexibility index (Phi) is 4.87. The Hall–Kier alpha value is -2.09. The number of nitro benzene ring substituents is 1. The Morgan fingerprint density at radius 1 is 1.42 bits per heavy atom. The van der Waals surface area contributed by atoms with Gasteiger partial charge in [-0.2, -0.15) is 5.26 Å². The Morgan fingerprint density at radius 2 is 2.05 bits per heavy atom. The summed E-state index contributed by atoms with van der Waals surface area (Å²) in [5.74, 6) is 0.561. The highest BCUT2D eigenvalue weighted by molar-refractivity contribution is 5.60. The predicted octanol–water partition coefficient (Wildman–Crippen LogP) is 3.34. The molecule has 19 heavy (non-hydrogen) atoms. The van der Waals surface area contributed by atoms with Crippen LogP contribution in [-0.4, -0.2) is 18.0 Å². The third-order valence-corrected chi connectivity index (χ3v) is 3.18. The van der Waals surface area contributed by atoms with Crippen LogP contribution in [0.15, 0.2) is 18.2 Å². The summed E-state index contributed by atoms with van der Waals surface area (Å²) in [4.78, 5) is 12.4. The third-order valence-electron chi connectivity index (χ3n) is 3.18. The van der Waals surface area contributed by atoms with Gasteiger partial charge in [-0.1, -0.05) is 13.8 Å². The predicted molar refractivity (Wildman–Crippen MR) is 75.1 cm³/mol. The number of nitro groups is 1. The van der Waals surface area contributed by atoms with Crippen LogP contribution in [0, 0.1) is 27.4 Å². The van der Waals surface area contributed by atoms with Gasteiger partial charge in [0.25, 0.3) is 5.69 Å². The number of anilines is 1. The van der Waals surface area contributed by atoms with E-state index in [0.717, 1.165) is 12.1 Å². The van der Waals surface area contributed by atoms with Gasteiger partial charge in [0.2, 0.25) is 0 Å². The Bertz CT molecular complexity index is 506. The molecule has 0 radical (unpaired) electrons. The first-order valence-electron chi connectivity index (χ1n) is 6.28. The Labute approximate surface area is 113 Å². The second-order valence-electron chi connectivity index (χ2n) is 5.16. The summed E-state index contributed by atoms with van der Waals surface area (Å²) in [6.45, 7) is 6.38. The van der Waals surface area contributed by atoms with Crippen molar-refractivity contribution in [2.45, 2.75) is 33.2 Å². The molecule has 1 rings (SSSR count). The molecule has 0 saturated carbocycles. The fourth-order valence-corrected chi connectivity index (χ4v) is 2.08. The maximum absolute atomic E-state index is 10.9. The van der Waals surface area contributed by atoms with Crippen molar-refractivity contribution in [2.75, 3.05) is 11.9 Å². The van der Waals surface area contributed by atoms with Crippen molar-refractivity contribution in [2.24, 2.45) is 5.92 Å². The number of hydrogen-bond donors (Lipinski definition) is 0. The fraction of sp³-hybridized carbons (Fsp3) is 0.500. The molecular weight excluding hydrogens is 242 g/mol. The van der Waals surface area contributed by atoms with E-state index in [0.29, 0.717) is 5.92 Å². The maximum Gasteiger partial charge on any atom is 0.289 e. The van der Waals surface area contributed by atoms with E-state index < -0.39 is 4.92 Å². The molecule has 0 heterocycles. The first-order chi connectivity index (χ1) is 8.86. The van der Waals surface area contributed by atoms with E-state index in [-0.39, 0.29) is 17.3 Å². The van der Waals surface area contributed by atoms with E-state index in [9.17, 15) is 10.1 Å². The molecule has 5 nitrogen and oxygen atoms in total. The summed E-state index contributed by atoms with van der Waals surface area (Å²) in [5.41, 5.74) is 0.723. The van der Waals surface area contributed by atoms with Crippen LogP contribution in [-0.2, 0) is 0 Å². The van der Waals surface area contributed by atoms with E-state index in [1.807, 2.05) is 18.0 Å². The summed E-state index contributed by atoms with van der Waals surface area (Å²) >= 11 is 0. The highest BCUT2D eigenvalue weighted by atomic mass is 16.6. The van der Waals surface area contributed by atoms with Crippen LogP contribution >= 0.6 is 0 Å². The molecule has 0 aromatic heterocycles. The van der Waals surface area contributed by atoms with Crippen LogP contribution in [0.4, 0.5) is 11.4 Å². The van der Waals surface area contributed by atoms with Crippen LogP contribution in [0.25, 0.3) is 0 Å². The van der Waals surface area contributed by atoms with E-state index in [1.54, 1.807) is 6.07 Å². The van der Waals surface area contributed by atoms with Crippen molar-refractivity contribution in [3.8, 4) is 6.07 Å². The topological polar surface area (TPSA) is 70.2 Å². The molecule has 0 fully saturated rings. The first kappa shape index (κ1) is 15.0. The lowest BCUT2D eigenvalue weighted by molar-refractivity contribution is -0.385. The minimum atomic E-state index is -0.511. The van der Waals surface area contributed by atoms with Crippen molar-refractivity contribution in [3.63, 3.8) is 0 Å². The zero-order chi connectivity index (χ0) is 14.6. The standard InChI is InChI=1S/C14H19N3O2/c1-10(2)7-11(3)16(4)13-6-5-12(9-15)14(8-13)17(18)19/h5-6,8,10-11H,7H2,1-4H3. The zero-order valence-corrected chi connectivity index (χ0v) is 11.8. The van der Waals surface area contributed by atoms with Crippen LogP contribution in [0.3, 0.4) is 0 Å². The molecule has 0 aliphatic heterocycles. The van der Waals surface area contributed by atoms with E-state index in [4.69, 9.17) is 5.26 Å². The lowest BCUT2D eigenvalue weighted by atomic mass is 10.0. The fourth-order valence-electron chi connectivity index (χ4n) is 2.08. The summed E-state index contributed by atoms with van der Waals surface area (Å²) in [5, 5.41) is 19.8. The SMILES string of the molecule is CC(C)CC(C)N(C)c1ccc(C#N)c([N+](=O)[O-])c1. The van der Waals surface area contributed by atoms with Crippen molar-refractivity contribution >= 4 is 11.4 Å². The van der Waals surface area contributed by atoms with Crippen molar-refractivity contribution in [1.82, 2.24) is 0 Å². The highest BCUT2D eigenvalue weighted by Gasteiger charge is 2.18. The van der Waals surface area contributed by atoms with Gasteiger partial charge in [-0.05, 0) is 31.4 Å². The lowest BCUT2D eigenvalue weighted by Gasteiger charge is -2.28. The van der Waals surface area contributed by atoms with Gasteiger partial charge >= 0.3 is 0 Å². The lowest BCUT2D eigenvalue weighted by Crippen LogP contribution is -2.30. The minimum absolute atomic E-state index is 0.0960. The summed E-state index contributed by atoms with van der Waals surface area (Å²) in [7, 11) is 1.91. The molecule has 1 unspecified atom stereocenters. The van der Waals surface area contributed by atoms with Gasteiger partial charge in [0.1, 0.15) is 11.6 Å². The molecule has 0 bridgehead atoms. The van der Waals surface area contributed by atoms with Gasteiger partial charge in [-0.15, -0.1) is 0 Å². The molecule has 1 atom stereocenters. The smallest absolute Gasteiger partial charge is 0.289 e. The molecule has 102 valence electrons. The minimum Gasteiger partial charge on any atom is -0.372 e. The second-order valence-corrected chi connectivity index (χ2v) is 5.16. The average molecular weight is 261 g/mol. The number of benzene rings is 1. The zero-order valence-electron chi connectivity index (χ0n) is 11.8. The summed E-state index contributed by atoms with van der Waals surface area (Å²) < 4.78 is 0. The Balaban J connectivity index is 3.05. The Morgan fingerprint density at radius 3 is 2.53 bits per heavy atom. The van der Waals surface area contributed by atoms with Crippen molar-refractivity contribution in [3.05, 3.63) is 33.9 Å². The molecule has 0 saturated heterocycles. The van der Waals surface area contributed by atoms with Crippen molar-refractivity contribution in [1.29, 1.82) is 5.26 Å². The molecule has 0 amide bonds. The maximum atomic E-state index is 10.9. The number of nitriles is 1. The van der Waals surface area contributed by atoms with E-state index in [1.165, 1.54) is 12.1 Å². The van der Waals surface area contributed by atoms with Gasteiger partial charge in [-0.3, -0.25) is 10.1 Å². The van der Waals surface area contributed by atoms with Crippen LogP contribution < -0.4 is 4.90 Å². The second kappa shape index (κ2) is 6.19. The number of hydrogen-bond acceptors (Lipinski definition) is 4. The van der Waals surface area contributed by atoms with Gasteiger partial charge in [0.15, 0.2) is 0 Å².